The van der Waals surface area contributed by atoms with E-state index in [2.05, 4.69) is 11.8 Å². The maximum Gasteiger partial charge on any atom is 0.0259 e. The van der Waals surface area contributed by atoms with Crippen molar-refractivity contribution in [3.8, 4) is 0 Å². The van der Waals surface area contributed by atoms with Crippen molar-refractivity contribution in [1.29, 1.82) is 0 Å². The fourth-order valence-corrected chi connectivity index (χ4v) is 9.01. The second-order valence-electron chi connectivity index (χ2n) is 7.13. The van der Waals surface area contributed by atoms with E-state index in [0.717, 1.165) is 15.9 Å². The SMILES string of the molecule is C1CCC2CC3CCCC4C(C1)SC21C3C41. The van der Waals surface area contributed by atoms with E-state index in [4.69, 9.17) is 0 Å². The summed E-state index contributed by atoms with van der Waals surface area (Å²) in [5.41, 5.74) is 0. The number of hydrogen-bond donors (Lipinski definition) is 0. The molecule has 0 nitrogen and oxygen atoms in total. The Hall–Kier alpha value is 0.350. The maximum atomic E-state index is 2.52. The normalized spacial score (nSPS) is 66.0. The molecule has 5 aliphatic rings. The Morgan fingerprint density at radius 2 is 1.81 bits per heavy atom. The van der Waals surface area contributed by atoms with Gasteiger partial charge in [-0.2, -0.15) is 11.8 Å². The minimum absolute atomic E-state index is 0.876. The molecule has 0 radical (unpaired) electrons. The van der Waals surface area contributed by atoms with Crippen LogP contribution in [0.5, 0.6) is 0 Å². The molecule has 2 aliphatic heterocycles. The van der Waals surface area contributed by atoms with Gasteiger partial charge in [-0.05, 0) is 55.3 Å². The lowest BCUT2D eigenvalue weighted by molar-refractivity contribution is 0.340. The number of thioether (sulfide) groups is 1. The van der Waals surface area contributed by atoms with Crippen LogP contribution in [0.1, 0.15) is 51.4 Å². The molecule has 0 aromatic heterocycles. The summed E-state index contributed by atoms with van der Waals surface area (Å²) in [6, 6.07) is 0. The van der Waals surface area contributed by atoms with Crippen LogP contribution in [0, 0.1) is 29.6 Å². The highest BCUT2D eigenvalue weighted by Crippen LogP contribution is 2.83. The van der Waals surface area contributed by atoms with Gasteiger partial charge in [0.1, 0.15) is 0 Å². The molecule has 2 bridgehead atoms. The van der Waals surface area contributed by atoms with Gasteiger partial charge in [0.05, 0.1) is 0 Å². The van der Waals surface area contributed by atoms with Crippen LogP contribution in [0.15, 0.2) is 0 Å². The summed E-state index contributed by atoms with van der Waals surface area (Å²) in [6.45, 7) is 0. The van der Waals surface area contributed by atoms with Crippen LogP contribution < -0.4 is 0 Å². The van der Waals surface area contributed by atoms with Crippen molar-refractivity contribution >= 4 is 11.8 Å². The van der Waals surface area contributed by atoms with E-state index in [0.29, 0.717) is 0 Å². The first-order valence-corrected chi connectivity index (χ1v) is 8.47. The molecular weight excluding hydrogens is 212 g/mol. The number of rotatable bonds is 0. The standard InChI is InChI=1S/C15H22S/c1-2-7-12-11-6-3-4-9-8-10(5-1)15(16-12)13(9)14(11)15/h9-14H,1-8H2. The van der Waals surface area contributed by atoms with Gasteiger partial charge < -0.3 is 0 Å². The zero-order valence-corrected chi connectivity index (χ0v) is 10.8. The molecule has 1 heteroatoms. The second-order valence-corrected chi connectivity index (χ2v) is 8.68. The lowest BCUT2D eigenvalue weighted by atomic mass is 9.87. The predicted molar refractivity (Wildman–Crippen MR) is 68.5 cm³/mol. The topological polar surface area (TPSA) is 0 Å². The van der Waals surface area contributed by atoms with Crippen LogP contribution in [0.2, 0.25) is 0 Å². The number of hydrogen-bond acceptors (Lipinski definition) is 1. The van der Waals surface area contributed by atoms with Gasteiger partial charge >= 0.3 is 0 Å². The Morgan fingerprint density at radius 1 is 0.875 bits per heavy atom. The zero-order chi connectivity index (χ0) is 10.3. The van der Waals surface area contributed by atoms with E-state index < -0.39 is 0 Å². The summed E-state index contributed by atoms with van der Waals surface area (Å²) in [5.74, 6) is 5.92. The number of fused-ring (bicyclic) bond motifs is 2. The predicted octanol–water partition coefficient (Wildman–Crippen LogP) is 4.10. The van der Waals surface area contributed by atoms with Gasteiger partial charge in [-0.25, -0.2) is 0 Å². The monoisotopic (exact) mass is 234 g/mol. The quantitative estimate of drug-likeness (QED) is 0.608. The molecule has 5 rings (SSSR count). The molecule has 1 spiro atoms. The van der Waals surface area contributed by atoms with Crippen molar-refractivity contribution in [3.63, 3.8) is 0 Å². The van der Waals surface area contributed by atoms with Crippen molar-refractivity contribution in [2.24, 2.45) is 29.6 Å². The summed E-state index contributed by atoms with van der Waals surface area (Å²) in [4.78, 5) is 0. The smallest absolute Gasteiger partial charge is 0.0259 e. The van der Waals surface area contributed by atoms with Crippen molar-refractivity contribution in [1.82, 2.24) is 0 Å². The summed E-state index contributed by atoms with van der Waals surface area (Å²) >= 11 is 2.52. The van der Waals surface area contributed by atoms with Crippen molar-refractivity contribution in [2.75, 3.05) is 0 Å². The van der Waals surface area contributed by atoms with E-state index >= 15 is 0 Å². The molecule has 2 saturated heterocycles. The van der Waals surface area contributed by atoms with Gasteiger partial charge in [0.25, 0.3) is 0 Å². The average Bonchev–Trinajstić information content (AvgIpc) is 2.70. The third kappa shape index (κ3) is 0.866. The first-order valence-electron chi connectivity index (χ1n) is 7.59. The zero-order valence-electron chi connectivity index (χ0n) is 10.0. The van der Waals surface area contributed by atoms with E-state index in [1.54, 1.807) is 51.4 Å². The third-order valence-electron chi connectivity index (χ3n) is 6.75. The van der Waals surface area contributed by atoms with E-state index in [9.17, 15) is 0 Å². The average molecular weight is 234 g/mol. The van der Waals surface area contributed by atoms with Crippen molar-refractivity contribution in [3.05, 3.63) is 0 Å². The van der Waals surface area contributed by atoms with Gasteiger partial charge in [0, 0.05) is 10.00 Å². The second kappa shape index (κ2) is 2.84. The van der Waals surface area contributed by atoms with Gasteiger partial charge in [-0.1, -0.05) is 25.7 Å². The molecule has 0 aromatic rings. The minimum Gasteiger partial charge on any atom is -0.151 e. The molecule has 7 unspecified atom stereocenters. The van der Waals surface area contributed by atoms with E-state index in [-0.39, 0.29) is 0 Å². The van der Waals surface area contributed by atoms with E-state index in [1.165, 1.54) is 23.7 Å². The molecule has 88 valence electrons. The van der Waals surface area contributed by atoms with Crippen LogP contribution in [-0.2, 0) is 0 Å². The fraction of sp³-hybridized carbons (Fsp3) is 1.00. The summed E-state index contributed by atoms with van der Waals surface area (Å²) in [7, 11) is 0. The lowest BCUT2D eigenvalue weighted by Gasteiger charge is -2.27. The van der Waals surface area contributed by atoms with Gasteiger partial charge in [-0.3, -0.25) is 0 Å². The molecule has 16 heavy (non-hydrogen) atoms. The van der Waals surface area contributed by atoms with Gasteiger partial charge in [0.15, 0.2) is 0 Å². The third-order valence-corrected chi connectivity index (χ3v) is 8.92. The highest BCUT2D eigenvalue weighted by molar-refractivity contribution is 8.02. The van der Waals surface area contributed by atoms with E-state index in [1.807, 2.05) is 0 Å². The molecule has 7 atom stereocenters. The Labute approximate surface area is 103 Å². The van der Waals surface area contributed by atoms with Crippen molar-refractivity contribution < 1.29 is 0 Å². The molecule has 2 heterocycles. The van der Waals surface area contributed by atoms with Crippen LogP contribution in [0.3, 0.4) is 0 Å². The molecular formula is C15H22S. The molecule has 5 fully saturated rings. The van der Waals surface area contributed by atoms with Crippen LogP contribution in [0.4, 0.5) is 0 Å². The highest BCUT2D eigenvalue weighted by atomic mass is 32.2. The van der Waals surface area contributed by atoms with Crippen LogP contribution >= 0.6 is 11.8 Å². The summed E-state index contributed by atoms with van der Waals surface area (Å²) in [6.07, 6.45) is 12.7. The molecule has 0 amide bonds. The first kappa shape index (κ1) is 9.30. The van der Waals surface area contributed by atoms with Gasteiger partial charge in [0.2, 0.25) is 0 Å². The molecule has 0 aromatic carbocycles. The maximum absolute atomic E-state index is 2.52. The minimum atomic E-state index is 0.876. The lowest BCUT2D eigenvalue weighted by Crippen LogP contribution is -2.19. The Bertz CT molecular complexity index is 338. The summed E-state index contributed by atoms with van der Waals surface area (Å²) in [5, 5.41) is 1.10. The Kier molecular flexibility index (Phi) is 1.65. The summed E-state index contributed by atoms with van der Waals surface area (Å²) < 4.78 is 0.876. The van der Waals surface area contributed by atoms with Crippen LogP contribution in [-0.4, -0.2) is 10.00 Å². The Morgan fingerprint density at radius 3 is 2.81 bits per heavy atom. The molecule has 0 N–H and O–H groups in total. The van der Waals surface area contributed by atoms with Gasteiger partial charge in [-0.15, -0.1) is 0 Å². The highest BCUT2D eigenvalue weighted by Gasteiger charge is 2.80. The first-order chi connectivity index (χ1) is 7.91. The molecule has 3 aliphatic carbocycles. The van der Waals surface area contributed by atoms with Crippen LogP contribution in [0.25, 0.3) is 0 Å². The van der Waals surface area contributed by atoms with Crippen molar-refractivity contribution in [2.45, 2.75) is 61.4 Å². The molecule has 3 saturated carbocycles. The largest absolute Gasteiger partial charge is 0.151 e. The Balaban J connectivity index is 1.63. The fourth-order valence-electron chi connectivity index (χ4n) is 6.41.